The van der Waals surface area contributed by atoms with Crippen LogP contribution in [-0.4, -0.2) is 0 Å². The Labute approximate surface area is 208 Å². The second kappa shape index (κ2) is 9.92. The molecule has 0 radical (unpaired) electrons. The molecule has 2 aliphatic carbocycles. The average Bonchev–Trinajstić information content (AvgIpc) is 3.02. The van der Waals surface area contributed by atoms with E-state index >= 15 is 0 Å². The monoisotopic (exact) mass is 452 g/mol. The lowest BCUT2D eigenvalue weighted by Crippen LogP contribution is -2.29. The molecule has 3 aromatic rings. The Morgan fingerprint density at radius 3 is 2.20 bits per heavy atom. The maximum atomic E-state index is 6.18. The minimum absolute atomic E-state index is 0.472. The zero-order valence-electron chi connectivity index (χ0n) is 20.2. The SMILES string of the molecule is C\C=C/C=C(\C=C/C)Oc1ccc(C2(C3=CC=CCC#C3)c3ccccc3-c3ccccc32)cc1. The molecule has 0 N–H and O–H groups in total. The van der Waals surface area contributed by atoms with Gasteiger partial charge in [0.1, 0.15) is 11.5 Å². The average molecular weight is 453 g/mol. The molecule has 0 aromatic heterocycles. The van der Waals surface area contributed by atoms with E-state index in [0.29, 0.717) is 0 Å². The van der Waals surface area contributed by atoms with Crippen LogP contribution in [0.2, 0.25) is 0 Å². The highest BCUT2D eigenvalue weighted by atomic mass is 16.5. The van der Waals surface area contributed by atoms with Gasteiger partial charge in [-0.05, 0) is 72.0 Å². The number of rotatable bonds is 6. The molecule has 0 bridgehead atoms. The maximum absolute atomic E-state index is 6.18. The van der Waals surface area contributed by atoms with E-state index in [1.807, 2.05) is 44.2 Å². The molecule has 170 valence electrons. The van der Waals surface area contributed by atoms with Crippen LogP contribution < -0.4 is 4.74 Å². The largest absolute Gasteiger partial charge is 0.457 e. The lowest BCUT2D eigenvalue weighted by atomic mass is 9.67. The Balaban J connectivity index is 1.69. The Morgan fingerprint density at radius 1 is 0.857 bits per heavy atom. The van der Waals surface area contributed by atoms with Crippen LogP contribution in [-0.2, 0) is 5.41 Å². The van der Waals surface area contributed by atoms with Gasteiger partial charge < -0.3 is 4.74 Å². The number of hydrogen-bond donors (Lipinski definition) is 0. The molecule has 2 aliphatic rings. The first-order chi connectivity index (χ1) is 17.3. The number of allylic oxidation sites excluding steroid dienone is 9. The van der Waals surface area contributed by atoms with E-state index in [1.54, 1.807) is 0 Å². The first kappa shape index (κ1) is 22.5. The van der Waals surface area contributed by atoms with Gasteiger partial charge >= 0.3 is 0 Å². The van der Waals surface area contributed by atoms with Crippen molar-refractivity contribution in [3.8, 4) is 28.7 Å². The maximum Gasteiger partial charge on any atom is 0.127 e. The van der Waals surface area contributed by atoms with E-state index in [1.165, 1.54) is 27.8 Å². The Bertz CT molecular complexity index is 1400. The zero-order valence-corrected chi connectivity index (χ0v) is 20.2. The quantitative estimate of drug-likeness (QED) is 0.208. The molecule has 0 fully saturated rings. The third kappa shape index (κ3) is 3.98. The van der Waals surface area contributed by atoms with Crippen molar-refractivity contribution >= 4 is 0 Å². The Morgan fingerprint density at radius 2 is 1.54 bits per heavy atom. The van der Waals surface area contributed by atoms with Gasteiger partial charge in [0.05, 0.1) is 5.41 Å². The summed E-state index contributed by atoms with van der Waals surface area (Å²) in [5.74, 6) is 8.48. The van der Waals surface area contributed by atoms with Gasteiger partial charge in [-0.15, -0.1) is 0 Å². The fourth-order valence-corrected chi connectivity index (χ4v) is 5.08. The predicted octanol–water partition coefficient (Wildman–Crippen LogP) is 8.31. The van der Waals surface area contributed by atoms with Gasteiger partial charge in [0.2, 0.25) is 0 Å². The molecule has 1 heteroatoms. The van der Waals surface area contributed by atoms with Gasteiger partial charge in [-0.25, -0.2) is 0 Å². The highest BCUT2D eigenvalue weighted by molar-refractivity contribution is 5.87. The van der Waals surface area contributed by atoms with E-state index < -0.39 is 5.41 Å². The summed E-state index contributed by atoms with van der Waals surface area (Å²) < 4.78 is 6.18. The molecule has 0 heterocycles. The molecule has 0 spiro atoms. The van der Waals surface area contributed by atoms with E-state index in [0.717, 1.165) is 23.5 Å². The first-order valence-corrected chi connectivity index (χ1v) is 12.1. The molecular weight excluding hydrogens is 424 g/mol. The highest BCUT2D eigenvalue weighted by Crippen LogP contribution is 2.56. The summed E-state index contributed by atoms with van der Waals surface area (Å²) in [5, 5.41) is 0. The highest BCUT2D eigenvalue weighted by Gasteiger charge is 2.46. The minimum atomic E-state index is -0.472. The third-order valence-electron chi connectivity index (χ3n) is 6.51. The molecule has 0 saturated heterocycles. The topological polar surface area (TPSA) is 9.23 Å². The molecule has 35 heavy (non-hydrogen) atoms. The van der Waals surface area contributed by atoms with Gasteiger partial charge in [0.25, 0.3) is 0 Å². The Hall–Kier alpha value is -4.28. The van der Waals surface area contributed by atoms with E-state index in [-0.39, 0.29) is 0 Å². The summed E-state index contributed by atoms with van der Waals surface area (Å²) in [5.41, 5.74) is 6.89. The van der Waals surface area contributed by atoms with E-state index in [9.17, 15) is 0 Å². The molecule has 3 aromatic carbocycles. The second-order valence-electron chi connectivity index (χ2n) is 8.58. The summed E-state index contributed by atoms with van der Waals surface area (Å²) in [6, 6.07) is 26.0. The van der Waals surface area contributed by atoms with Gasteiger partial charge in [0, 0.05) is 12.0 Å². The summed E-state index contributed by atoms with van der Waals surface area (Å²) >= 11 is 0. The fraction of sp³-hybridized carbons (Fsp3) is 0.118. The molecule has 0 saturated carbocycles. The van der Waals surface area contributed by atoms with Crippen LogP contribution in [0.15, 0.2) is 133 Å². The van der Waals surface area contributed by atoms with Crippen molar-refractivity contribution < 1.29 is 4.74 Å². The molecule has 0 aliphatic heterocycles. The van der Waals surface area contributed by atoms with E-state index in [4.69, 9.17) is 4.74 Å². The third-order valence-corrected chi connectivity index (χ3v) is 6.51. The normalized spacial score (nSPS) is 15.8. The molecule has 0 amide bonds. The lowest BCUT2D eigenvalue weighted by molar-refractivity contribution is 0.444. The molecular formula is C34H28O. The summed E-state index contributed by atoms with van der Waals surface area (Å²) in [6.07, 6.45) is 17.1. The van der Waals surface area contributed by atoms with Gasteiger partial charge in [0.15, 0.2) is 0 Å². The summed E-state index contributed by atoms with van der Waals surface area (Å²) in [6.45, 7) is 3.99. The number of hydrogen-bond acceptors (Lipinski definition) is 1. The van der Waals surface area contributed by atoms with Crippen molar-refractivity contribution in [1.29, 1.82) is 0 Å². The van der Waals surface area contributed by atoms with Crippen LogP contribution >= 0.6 is 0 Å². The smallest absolute Gasteiger partial charge is 0.127 e. The number of benzene rings is 3. The van der Waals surface area contributed by atoms with Crippen molar-refractivity contribution in [3.63, 3.8) is 0 Å². The van der Waals surface area contributed by atoms with Crippen molar-refractivity contribution in [2.75, 3.05) is 0 Å². The van der Waals surface area contributed by atoms with Gasteiger partial charge in [-0.2, -0.15) is 0 Å². The van der Waals surface area contributed by atoms with Crippen molar-refractivity contribution in [3.05, 3.63) is 149 Å². The summed E-state index contributed by atoms with van der Waals surface area (Å²) in [7, 11) is 0. The minimum Gasteiger partial charge on any atom is -0.457 e. The first-order valence-electron chi connectivity index (χ1n) is 12.1. The molecule has 0 unspecified atom stereocenters. The fourth-order valence-electron chi connectivity index (χ4n) is 5.08. The van der Waals surface area contributed by atoms with Crippen LogP contribution in [0.5, 0.6) is 5.75 Å². The van der Waals surface area contributed by atoms with Crippen molar-refractivity contribution in [2.24, 2.45) is 0 Å². The van der Waals surface area contributed by atoms with Gasteiger partial charge in [-0.1, -0.05) is 103 Å². The predicted molar refractivity (Wildman–Crippen MR) is 146 cm³/mol. The molecule has 5 rings (SSSR count). The van der Waals surface area contributed by atoms with Crippen LogP contribution in [0, 0.1) is 11.8 Å². The zero-order chi connectivity index (χ0) is 24.1. The molecule has 1 nitrogen and oxygen atoms in total. The summed E-state index contributed by atoms with van der Waals surface area (Å²) in [4.78, 5) is 0. The van der Waals surface area contributed by atoms with Crippen molar-refractivity contribution in [1.82, 2.24) is 0 Å². The van der Waals surface area contributed by atoms with Gasteiger partial charge in [-0.3, -0.25) is 0 Å². The lowest BCUT2D eigenvalue weighted by Gasteiger charge is -2.33. The standard InChI is InChI=1S/C34H28O/c1-3-5-17-28(14-4-2)35-29-24-22-27(23-25-29)34(26-15-8-6-7-9-16-26)32-20-12-10-18-30(32)31-19-11-13-21-33(31)34/h3-6,8,10-15,17-25H,7H2,1-2H3/b5-3-,14-4-,28-17+. The Kier molecular flexibility index (Phi) is 6.38. The van der Waals surface area contributed by atoms with Crippen LogP contribution in [0.1, 0.15) is 37.0 Å². The molecule has 0 atom stereocenters. The van der Waals surface area contributed by atoms with Crippen LogP contribution in [0.3, 0.4) is 0 Å². The van der Waals surface area contributed by atoms with Crippen molar-refractivity contribution in [2.45, 2.75) is 25.7 Å². The van der Waals surface area contributed by atoms with Crippen LogP contribution in [0.4, 0.5) is 0 Å². The van der Waals surface area contributed by atoms with E-state index in [2.05, 4.69) is 103 Å². The number of fused-ring (bicyclic) bond motifs is 3. The number of ether oxygens (including phenoxy) is 1. The second-order valence-corrected chi connectivity index (χ2v) is 8.58. The van der Waals surface area contributed by atoms with Crippen LogP contribution in [0.25, 0.3) is 11.1 Å².